The summed E-state index contributed by atoms with van der Waals surface area (Å²) < 4.78 is 6.36. The van der Waals surface area contributed by atoms with E-state index in [1.807, 2.05) is 110 Å². The van der Waals surface area contributed by atoms with E-state index in [-0.39, 0.29) is 0 Å². The molecule has 12 rings (SSSR count). The van der Waals surface area contributed by atoms with Crippen LogP contribution in [-0.2, 0) is 0 Å². The molecule has 0 aliphatic rings. The van der Waals surface area contributed by atoms with E-state index in [0.29, 0.717) is 0 Å². The topological polar surface area (TPSA) is 95.4 Å². The van der Waals surface area contributed by atoms with Gasteiger partial charge in [-0.25, -0.2) is 29.9 Å². The molecule has 0 amide bonds. The molecular formula is C54H36N10. The second-order valence-corrected chi connectivity index (χ2v) is 15.3. The highest BCUT2D eigenvalue weighted by Gasteiger charge is 2.21. The molecule has 0 unspecified atom stereocenters. The number of pyridine rings is 3. The van der Waals surface area contributed by atoms with Gasteiger partial charge in [0.15, 0.2) is 16.9 Å². The van der Waals surface area contributed by atoms with Crippen molar-refractivity contribution < 1.29 is 0 Å². The maximum absolute atomic E-state index is 5.08. The van der Waals surface area contributed by atoms with Gasteiger partial charge < -0.3 is 4.90 Å². The number of hydrogen-bond donors (Lipinski definition) is 0. The molecule has 0 saturated heterocycles. The lowest BCUT2D eigenvalue weighted by atomic mass is 10.1. The molecule has 12 aromatic rings. The average Bonchev–Trinajstić information content (AvgIpc) is 4.08. The summed E-state index contributed by atoms with van der Waals surface area (Å²) in [6.07, 6.45) is 5.44. The normalized spacial score (nSPS) is 11.4. The molecule has 0 atom stereocenters. The summed E-state index contributed by atoms with van der Waals surface area (Å²) in [7, 11) is 0. The highest BCUT2D eigenvalue weighted by atomic mass is 15.2. The second-order valence-electron chi connectivity index (χ2n) is 15.3. The van der Waals surface area contributed by atoms with E-state index in [1.165, 1.54) is 0 Å². The first-order valence-electron chi connectivity index (χ1n) is 21.0. The minimum absolute atomic E-state index is 0.808. The van der Waals surface area contributed by atoms with Crippen molar-refractivity contribution in [3.63, 3.8) is 0 Å². The van der Waals surface area contributed by atoms with Crippen molar-refractivity contribution in [2.75, 3.05) is 4.90 Å². The zero-order valence-corrected chi connectivity index (χ0v) is 34.3. The van der Waals surface area contributed by atoms with Gasteiger partial charge in [0.2, 0.25) is 0 Å². The largest absolute Gasteiger partial charge is 0.311 e. The van der Waals surface area contributed by atoms with Gasteiger partial charge >= 0.3 is 0 Å². The van der Waals surface area contributed by atoms with Crippen LogP contribution in [0, 0.1) is 0 Å². The smallest absolute Gasteiger partial charge is 0.164 e. The fraction of sp³-hybridized carbons (Fsp3) is 0. The Labute approximate surface area is 367 Å². The molecule has 0 aliphatic carbocycles. The number of aromatic nitrogens is 9. The molecule has 10 heteroatoms. The van der Waals surface area contributed by atoms with Crippen LogP contribution in [0.2, 0.25) is 0 Å². The monoisotopic (exact) mass is 824 g/mol. The molecule has 302 valence electrons. The first-order chi connectivity index (χ1) is 31.7. The van der Waals surface area contributed by atoms with Gasteiger partial charge in [0.05, 0.1) is 0 Å². The number of hydrogen-bond acceptors (Lipinski definition) is 7. The van der Waals surface area contributed by atoms with E-state index in [1.54, 1.807) is 0 Å². The van der Waals surface area contributed by atoms with Crippen LogP contribution in [-0.4, -0.2) is 43.6 Å². The first-order valence-corrected chi connectivity index (χ1v) is 21.0. The third-order valence-electron chi connectivity index (χ3n) is 11.4. The summed E-state index contributed by atoms with van der Waals surface area (Å²) in [6, 6.07) is 68.3. The van der Waals surface area contributed by atoms with E-state index in [4.69, 9.17) is 29.9 Å². The van der Waals surface area contributed by atoms with E-state index in [0.717, 1.165) is 102 Å². The molecule has 6 heterocycles. The van der Waals surface area contributed by atoms with Crippen LogP contribution in [0.15, 0.2) is 219 Å². The van der Waals surface area contributed by atoms with Gasteiger partial charge in [0, 0.05) is 69.4 Å². The highest BCUT2D eigenvalue weighted by Crippen LogP contribution is 2.39. The van der Waals surface area contributed by atoms with Crippen molar-refractivity contribution in [1.29, 1.82) is 0 Å². The zero-order valence-electron chi connectivity index (χ0n) is 34.3. The summed E-state index contributed by atoms with van der Waals surface area (Å²) in [5.74, 6) is 2.45. The lowest BCUT2D eigenvalue weighted by Crippen LogP contribution is -2.10. The predicted octanol–water partition coefficient (Wildman–Crippen LogP) is 12.4. The molecule has 0 radical (unpaired) electrons. The predicted molar refractivity (Wildman–Crippen MR) is 255 cm³/mol. The third kappa shape index (κ3) is 6.36. The van der Waals surface area contributed by atoms with Crippen LogP contribution in [0.1, 0.15) is 0 Å². The minimum Gasteiger partial charge on any atom is -0.311 e. The molecule has 0 spiro atoms. The number of para-hydroxylation sites is 3. The summed E-state index contributed by atoms with van der Waals surface area (Å²) in [5, 5.41) is 0. The van der Waals surface area contributed by atoms with Gasteiger partial charge in [0.25, 0.3) is 0 Å². The lowest BCUT2D eigenvalue weighted by molar-refractivity contribution is 1.08. The number of nitrogens with zero attached hydrogens (tertiary/aromatic N) is 10. The average molecular weight is 825 g/mol. The van der Waals surface area contributed by atoms with Crippen LogP contribution in [0.4, 0.5) is 17.1 Å². The van der Waals surface area contributed by atoms with Gasteiger partial charge in [-0.3, -0.25) is 13.7 Å². The molecule has 10 nitrogen and oxygen atoms in total. The zero-order chi connectivity index (χ0) is 42.4. The lowest BCUT2D eigenvalue weighted by Gasteiger charge is -2.26. The van der Waals surface area contributed by atoms with Crippen molar-refractivity contribution in [2.24, 2.45) is 0 Å². The SMILES string of the molecule is c1ccc(-n2c(-c3ccc(N(c4ccc(-c5nc6cccnc6n5-c5ccccc5)cc4)c4ccc(-c5nc6cccnc6n5-c5ccccc5)cc4)cc3)nc3cccnc32)cc1. The Kier molecular flexibility index (Phi) is 8.89. The fourth-order valence-electron chi connectivity index (χ4n) is 8.51. The van der Waals surface area contributed by atoms with Crippen LogP contribution >= 0.6 is 0 Å². The van der Waals surface area contributed by atoms with Crippen LogP contribution in [0.5, 0.6) is 0 Å². The van der Waals surface area contributed by atoms with Crippen LogP contribution in [0.3, 0.4) is 0 Å². The number of imidazole rings is 3. The van der Waals surface area contributed by atoms with Gasteiger partial charge in [-0.2, -0.15) is 0 Å². The number of anilines is 3. The fourth-order valence-corrected chi connectivity index (χ4v) is 8.51. The van der Waals surface area contributed by atoms with E-state index < -0.39 is 0 Å². The highest BCUT2D eigenvalue weighted by molar-refractivity contribution is 5.85. The summed E-state index contributed by atoms with van der Waals surface area (Å²) in [4.78, 5) is 31.7. The van der Waals surface area contributed by atoms with Gasteiger partial charge in [-0.15, -0.1) is 0 Å². The maximum Gasteiger partial charge on any atom is 0.164 e. The standard InChI is InChI=1S/C54H36N10/c1-4-13-40(14-5-1)62-49(58-46-19-10-34-55-52(46)62)37-22-28-43(29-23-37)61(44-30-24-38(25-31-44)50-59-47-20-11-35-56-53(47)63(50)41-15-6-2-7-16-41)45-32-26-39(27-33-45)51-60-48-21-12-36-57-54(48)64(51)42-17-8-3-9-18-42/h1-36H. The second kappa shape index (κ2) is 15.5. The first kappa shape index (κ1) is 36.8. The molecule has 0 saturated carbocycles. The molecule has 0 N–H and O–H groups in total. The molecule has 64 heavy (non-hydrogen) atoms. The van der Waals surface area contributed by atoms with Crippen molar-refractivity contribution in [3.05, 3.63) is 219 Å². The molecule has 6 aromatic carbocycles. The Morgan fingerprint density at radius 2 is 0.562 bits per heavy atom. The Balaban J connectivity index is 0.974. The van der Waals surface area contributed by atoms with Crippen molar-refractivity contribution >= 4 is 50.6 Å². The Morgan fingerprint density at radius 3 is 0.844 bits per heavy atom. The minimum atomic E-state index is 0.808. The number of benzene rings is 6. The van der Waals surface area contributed by atoms with E-state index in [2.05, 4.69) is 128 Å². The van der Waals surface area contributed by atoms with Crippen LogP contribution in [0.25, 0.3) is 84.7 Å². The van der Waals surface area contributed by atoms with E-state index >= 15 is 0 Å². The quantitative estimate of drug-likeness (QED) is 0.143. The molecule has 0 bridgehead atoms. The van der Waals surface area contributed by atoms with Crippen LogP contribution < -0.4 is 4.90 Å². The number of rotatable bonds is 9. The maximum atomic E-state index is 5.08. The van der Waals surface area contributed by atoms with E-state index in [9.17, 15) is 0 Å². The van der Waals surface area contributed by atoms with Crippen molar-refractivity contribution in [2.45, 2.75) is 0 Å². The van der Waals surface area contributed by atoms with Gasteiger partial charge in [-0.05, 0) is 146 Å². The molecule has 0 fully saturated rings. The third-order valence-corrected chi connectivity index (χ3v) is 11.4. The summed E-state index contributed by atoms with van der Waals surface area (Å²) in [5.41, 5.74) is 13.8. The Morgan fingerprint density at radius 1 is 0.281 bits per heavy atom. The Hall–Kier alpha value is -9.02. The molecular weight excluding hydrogens is 789 g/mol. The van der Waals surface area contributed by atoms with Crippen molar-refractivity contribution in [3.8, 4) is 51.2 Å². The summed E-state index contributed by atoms with van der Waals surface area (Å²) in [6.45, 7) is 0. The summed E-state index contributed by atoms with van der Waals surface area (Å²) >= 11 is 0. The number of fused-ring (bicyclic) bond motifs is 3. The Bertz CT molecular complexity index is 3200. The molecule has 0 aliphatic heterocycles. The molecule has 6 aromatic heterocycles. The van der Waals surface area contributed by atoms with Crippen molar-refractivity contribution in [1.82, 2.24) is 43.6 Å². The van der Waals surface area contributed by atoms with Gasteiger partial charge in [0.1, 0.15) is 34.0 Å². The van der Waals surface area contributed by atoms with Gasteiger partial charge in [-0.1, -0.05) is 54.6 Å².